The van der Waals surface area contributed by atoms with Crippen LogP contribution in [0.2, 0.25) is 0 Å². The lowest BCUT2D eigenvalue weighted by molar-refractivity contribution is 0.0378. The van der Waals surface area contributed by atoms with Gasteiger partial charge in [-0.3, -0.25) is 4.90 Å². The van der Waals surface area contributed by atoms with Gasteiger partial charge in [-0.1, -0.05) is 37.5 Å². The van der Waals surface area contributed by atoms with E-state index in [4.69, 9.17) is 5.26 Å². The number of rotatable bonds is 4. The van der Waals surface area contributed by atoms with Crippen LogP contribution in [0.5, 0.6) is 0 Å². The first kappa shape index (κ1) is 17.8. The summed E-state index contributed by atoms with van der Waals surface area (Å²) in [7, 11) is 0. The van der Waals surface area contributed by atoms with Crippen LogP contribution in [-0.2, 0) is 12.1 Å². The fourth-order valence-electron chi connectivity index (χ4n) is 3.67. The van der Waals surface area contributed by atoms with E-state index in [9.17, 15) is 14.3 Å². The zero-order valence-electron chi connectivity index (χ0n) is 14.2. The molecular formula is C19H19FN4O2. The molecule has 134 valence electrons. The van der Waals surface area contributed by atoms with E-state index in [1.807, 2.05) is 6.07 Å². The molecule has 3 rings (SSSR count). The van der Waals surface area contributed by atoms with Crippen molar-refractivity contribution >= 4 is 6.09 Å². The molecule has 0 atom stereocenters. The molecule has 1 aliphatic rings. The standard InChI is InChI=1S/C19H19FN4O2/c20-15-7-3-2-6-14(15)13-24(18(25)26)19(9-4-1-5-10-19)16-8-11-22-17(12-21)23-16/h2-3,6-8,11H,1,4-5,9-10,13H2,(H,25,26). The first-order valence-corrected chi connectivity index (χ1v) is 8.54. The van der Waals surface area contributed by atoms with E-state index in [0.29, 0.717) is 24.1 Å². The largest absolute Gasteiger partial charge is 0.465 e. The van der Waals surface area contributed by atoms with Gasteiger partial charge in [0.05, 0.1) is 17.8 Å². The van der Waals surface area contributed by atoms with Gasteiger partial charge < -0.3 is 5.11 Å². The summed E-state index contributed by atoms with van der Waals surface area (Å²) in [5.41, 5.74) is -0.0714. The Morgan fingerprint density at radius 1 is 1.27 bits per heavy atom. The number of aromatic nitrogens is 2. The summed E-state index contributed by atoms with van der Waals surface area (Å²) >= 11 is 0. The molecule has 1 aliphatic carbocycles. The number of carboxylic acid groups (broad SMARTS) is 1. The molecule has 2 aromatic rings. The third kappa shape index (κ3) is 3.36. The second-order valence-corrected chi connectivity index (χ2v) is 6.43. The van der Waals surface area contributed by atoms with E-state index < -0.39 is 17.4 Å². The minimum Gasteiger partial charge on any atom is -0.465 e. The maximum Gasteiger partial charge on any atom is 0.408 e. The van der Waals surface area contributed by atoms with Crippen LogP contribution in [0.1, 0.15) is 49.2 Å². The molecule has 0 spiro atoms. The van der Waals surface area contributed by atoms with Crippen LogP contribution in [0.25, 0.3) is 0 Å². The fourth-order valence-corrected chi connectivity index (χ4v) is 3.67. The van der Waals surface area contributed by atoms with Gasteiger partial charge in [0, 0.05) is 11.8 Å². The van der Waals surface area contributed by atoms with Gasteiger partial charge in [0.25, 0.3) is 0 Å². The predicted octanol–water partition coefficient (Wildman–Crippen LogP) is 3.83. The van der Waals surface area contributed by atoms with Gasteiger partial charge in [0.15, 0.2) is 0 Å². The number of carbonyl (C=O) groups is 1. The maximum atomic E-state index is 14.1. The number of halogens is 1. The highest BCUT2D eigenvalue weighted by Gasteiger charge is 2.44. The first-order chi connectivity index (χ1) is 12.6. The van der Waals surface area contributed by atoms with Crippen LogP contribution in [0.15, 0.2) is 36.5 Å². The Labute approximate surface area is 150 Å². The molecule has 7 heteroatoms. The molecule has 1 saturated carbocycles. The van der Waals surface area contributed by atoms with Crippen molar-refractivity contribution in [2.45, 2.75) is 44.2 Å². The lowest BCUT2D eigenvalue weighted by Gasteiger charge is -2.44. The molecule has 0 bridgehead atoms. The average molecular weight is 354 g/mol. The van der Waals surface area contributed by atoms with Crippen molar-refractivity contribution < 1.29 is 14.3 Å². The van der Waals surface area contributed by atoms with Crippen molar-refractivity contribution in [3.63, 3.8) is 0 Å². The lowest BCUT2D eigenvalue weighted by atomic mass is 9.77. The van der Waals surface area contributed by atoms with Gasteiger partial charge in [-0.25, -0.2) is 19.2 Å². The summed E-state index contributed by atoms with van der Waals surface area (Å²) in [6, 6.07) is 9.72. The molecule has 0 radical (unpaired) electrons. The van der Waals surface area contributed by atoms with Crippen LogP contribution in [0.4, 0.5) is 9.18 Å². The van der Waals surface area contributed by atoms with Gasteiger partial charge in [-0.05, 0) is 25.0 Å². The van der Waals surface area contributed by atoms with Gasteiger partial charge in [-0.2, -0.15) is 5.26 Å². The van der Waals surface area contributed by atoms with Crippen LogP contribution < -0.4 is 0 Å². The van der Waals surface area contributed by atoms with Crippen LogP contribution in [-0.4, -0.2) is 26.1 Å². The van der Waals surface area contributed by atoms with E-state index >= 15 is 0 Å². The van der Waals surface area contributed by atoms with Gasteiger partial charge in [0.2, 0.25) is 5.82 Å². The quantitative estimate of drug-likeness (QED) is 0.901. The molecule has 6 nitrogen and oxygen atoms in total. The van der Waals surface area contributed by atoms with E-state index in [2.05, 4.69) is 9.97 Å². The van der Waals surface area contributed by atoms with Gasteiger partial charge >= 0.3 is 6.09 Å². The Balaban J connectivity index is 2.07. The van der Waals surface area contributed by atoms with Crippen LogP contribution in [0, 0.1) is 17.1 Å². The Morgan fingerprint density at radius 2 is 2.00 bits per heavy atom. The third-order valence-corrected chi connectivity index (χ3v) is 4.95. The number of hydrogen-bond acceptors (Lipinski definition) is 4. The highest BCUT2D eigenvalue weighted by atomic mass is 19.1. The molecule has 0 aliphatic heterocycles. The highest BCUT2D eigenvalue weighted by molar-refractivity contribution is 5.66. The Hall–Kier alpha value is -3.01. The zero-order valence-corrected chi connectivity index (χ0v) is 14.2. The summed E-state index contributed by atoms with van der Waals surface area (Å²) in [5.74, 6) is -0.436. The Morgan fingerprint density at radius 3 is 2.65 bits per heavy atom. The maximum absolute atomic E-state index is 14.1. The van der Waals surface area contributed by atoms with E-state index in [0.717, 1.165) is 19.3 Å². The Kier molecular flexibility index (Phi) is 5.12. The summed E-state index contributed by atoms with van der Waals surface area (Å²) in [4.78, 5) is 21.6. The topological polar surface area (TPSA) is 90.1 Å². The Bertz CT molecular complexity index is 843. The number of hydrogen-bond donors (Lipinski definition) is 1. The van der Waals surface area contributed by atoms with Gasteiger partial charge in [-0.15, -0.1) is 0 Å². The summed E-state index contributed by atoms with van der Waals surface area (Å²) in [6.45, 7) is -0.0755. The SMILES string of the molecule is N#Cc1nccc(C2(N(Cc3ccccc3F)C(=O)O)CCCCC2)n1. The number of amides is 1. The molecule has 1 aromatic heterocycles. The summed E-state index contributed by atoms with van der Waals surface area (Å²) in [6.07, 6.45) is 4.18. The monoisotopic (exact) mass is 354 g/mol. The predicted molar refractivity (Wildman–Crippen MR) is 91.5 cm³/mol. The van der Waals surface area contributed by atoms with Crippen LogP contribution in [0.3, 0.4) is 0 Å². The fraction of sp³-hybridized carbons (Fsp3) is 0.368. The molecular weight excluding hydrogens is 335 g/mol. The van der Waals surface area contributed by atoms with Crippen molar-refractivity contribution in [1.82, 2.24) is 14.9 Å². The second-order valence-electron chi connectivity index (χ2n) is 6.43. The van der Waals surface area contributed by atoms with E-state index in [-0.39, 0.29) is 12.4 Å². The summed E-state index contributed by atoms with van der Waals surface area (Å²) < 4.78 is 14.1. The molecule has 1 aromatic carbocycles. The second kappa shape index (κ2) is 7.48. The van der Waals surface area contributed by atoms with E-state index in [1.54, 1.807) is 24.3 Å². The van der Waals surface area contributed by atoms with Crippen molar-refractivity contribution in [2.24, 2.45) is 0 Å². The normalized spacial score (nSPS) is 15.8. The molecule has 1 heterocycles. The number of benzene rings is 1. The summed E-state index contributed by atoms with van der Waals surface area (Å²) in [5, 5.41) is 19.0. The smallest absolute Gasteiger partial charge is 0.408 e. The molecule has 1 fully saturated rings. The van der Waals surface area contributed by atoms with E-state index in [1.165, 1.54) is 17.2 Å². The third-order valence-electron chi connectivity index (χ3n) is 4.95. The average Bonchev–Trinajstić information content (AvgIpc) is 2.67. The number of nitrogens with zero attached hydrogens (tertiary/aromatic N) is 4. The van der Waals surface area contributed by atoms with Crippen molar-refractivity contribution in [3.8, 4) is 6.07 Å². The minimum atomic E-state index is -1.13. The van der Waals surface area contributed by atoms with Crippen molar-refractivity contribution in [1.29, 1.82) is 5.26 Å². The highest BCUT2D eigenvalue weighted by Crippen LogP contribution is 2.42. The first-order valence-electron chi connectivity index (χ1n) is 8.54. The number of nitriles is 1. The zero-order chi connectivity index (χ0) is 18.6. The lowest BCUT2D eigenvalue weighted by Crippen LogP contribution is -2.50. The van der Waals surface area contributed by atoms with Crippen LogP contribution >= 0.6 is 0 Å². The van der Waals surface area contributed by atoms with Crippen molar-refractivity contribution in [3.05, 3.63) is 59.4 Å². The molecule has 26 heavy (non-hydrogen) atoms. The van der Waals surface area contributed by atoms with Crippen molar-refractivity contribution in [2.75, 3.05) is 0 Å². The minimum absolute atomic E-state index is 0.00341. The molecule has 0 unspecified atom stereocenters. The molecule has 1 amide bonds. The molecule has 1 N–H and O–H groups in total. The molecule has 0 saturated heterocycles. The van der Waals surface area contributed by atoms with Gasteiger partial charge in [0.1, 0.15) is 11.9 Å².